The van der Waals surface area contributed by atoms with Gasteiger partial charge in [-0.05, 0) is 49.2 Å². The molecule has 0 aliphatic carbocycles. The minimum Gasteiger partial charge on any atom is -0.354 e. The minimum absolute atomic E-state index is 0.309. The van der Waals surface area contributed by atoms with E-state index in [4.69, 9.17) is 4.52 Å². The second kappa shape index (κ2) is 6.95. The summed E-state index contributed by atoms with van der Waals surface area (Å²) in [7, 11) is 0. The highest BCUT2D eigenvalue weighted by atomic mass is 19.4. The van der Waals surface area contributed by atoms with Crippen LogP contribution < -0.4 is 5.32 Å². The number of hydrogen-bond acceptors (Lipinski definition) is 3. The van der Waals surface area contributed by atoms with Gasteiger partial charge in [-0.3, -0.25) is 0 Å². The molecule has 0 radical (unpaired) electrons. The summed E-state index contributed by atoms with van der Waals surface area (Å²) in [6, 6.07) is 8.73. The molecular formula is C18H19F3N2O. The van der Waals surface area contributed by atoms with Crippen LogP contribution in [0.15, 0.2) is 40.9 Å². The molecule has 1 N–H and O–H groups in total. The summed E-state index contributed by atoms with van der Waals surface area (Å²) in [6.07, 6.45) is -4.38. The van der Waals surface area contributed by atoms with E-state index < -0.39 is 11.7 Å². The van der Waals surface area contributed by atoms with Gasteiger partial charge < -0.3 is 9.84 Å². The summed E-state index contributed by atoms with van der Waals surface area (Å²) in [4.78, 5) is 0. The minimum atomic E-state index is -4.38. The van der Waals surface area contributed by atoms with Crippen molar-refractivity contribution < 1.29 is 17.7 Å². The highest BCUT2D eigenvalue weighted by Gasteiger charge is 2.30. The van der Waals surface area contributed by atoms with Crippen molar-refractivity contribution in [1.29, 1.82) is 0 Å². The molecular weight excluding hydrogens is 317 g/mol. The molecule has 0 atom stereocenters. The molecule has 6 heteroatoms. The SMILES string of the molecule is CC.Cc1ccc2c(Nc3cccc(C(F)(F)F)c3)noc2c1C. The Morgan fingerprint density at radius 2 is 1.75 bits per heavy atom. The molecule has 3 nitrogen and oxygen atoms in total. The number of anilines is 2. The number of halogens is 3. The number of nitrogens with one attached hydrogen (secondary N) is 1. The van der Waals surface area contributed by atoms with Crippen LogP contribution in [0.1, 0.15) is 30.5 Å². The maximum atomic E-state index is 12.7. The average molecular weight is 336 g/mol. The Morgan fingerprint density at radius 1 is 1.04 bits per heavy atom. The Labute approximate surface area is 138 Å². The van der Waals surface area contributed by atoms with Crippen molar-refractivity contribution in [3.8, 4) is 0 Å². The molecule has 2 aromatic carbocycles. The summed E-state index contributed by atoms with van der Waals surface area (Å²) in [5, 5.41) is 7.53. The van der Waals surface area contributed by atoms with Crippen LogP contribution in [0.2, 0.25) is 0 Å². The molecule has 0 bridgehead atoms. The first-order valence-electron chi connectivity index (χ1n) is 7.66. The Kier molecular flexibility index (Phi) is 5.17. The molecule has 1 heterocycles. The molecule has 128 valence electrons. The van der Waals surface area contributed by atoms with E-state index in [-0.39, 0.29) is 0 Å². The molecule has 0 amide bonds. The normalized spacial score (nSPS) is 11.1. The van der Waals surface area contributed by atoms with Gasteiger partial charge >= 0.3 is 6.18 Å². The molecule has 0 fully saturated rings. The van der Waals surface area contributed by atoms with Gasteiger partial charge in [-0.15, -0.1) is 0 Å². The van der Waals surface area contributed by atoms with E-state index >= 15 is 0 Å². The zero-order valence-electron chi connectivity index (χ0n) is 14.0. The van der Waals surface area contributed by atoms with Gasteiger partial charge in [0.2, 0.25) is 0 Å². The topological polar surface area (TPSA) is 38.1 Å². The molecule has 0 saturated carbocycles. The summed E-state index contributed by atoms with van der Waals surface area (Å²) < 4.78 is 43.5. The molecule has 0 saturated heterocycles. The number of hydrogen-bond donors (Lipinski definition) is 1. The fourth-order valence-electron chi connectivity index (χ4n) is 2.23. The van der Waals surface area contributed by atoms with Crippen LogP contribution in [0.3, 0.4) is 0 Å². The third-order valence-electron chi connectivity index (χ3n) is 3.61. The van der Waals surface area contributed by atoms with Crippen LogP contribution in [-0.2, 0) is 6.18 Å². The molecule has 0 aliphatic rings. The number of fused-ring (bicyclic) bond motifs is 1. The van der Waals surface area contributed by atoms with E-state index in [0.717, 1.165) is 28.6 Å². The summed E-state index contributed by atoms with van der Waals surface area (Å²) in [6.45, 7) is 7.87. The number of aryl methyl sites for hydroxylation is 2. The van der Waals surface area contributed by atoms with Crippen molar-refractivity contribution in [2.45, 2.75) is 33.9 Å². The summed E-state index contributed by atoms with van der Waals surface area (Å²) >= 11 is 0. The van der Waals surface area contributed by atoms with Crippen LogP contribution in [0.4, 0.5) is 24.7 Å². The fourth-order valence-corrected chi connectivity index (χ4v) is 2.23. The van der Waals surface area contributed by atoms with Gasteiger partial charge in [-0.25, -0.2) is 0 Å². The van der Waals surface area contributed by atoms with Crippen LogP contribution in [0, 0.1) is 13.8 Å². The van der Waals surface area contributed by atoms with E-state index in [1.165, 1.54) is 6.07 Å². The first kappa shape index (κ1) is 17.8. The predicted molar refractivity (Wildman–Crippen MR) is 89.6 cm³/mol. The lowest BCUT2D eigenvalue weighted by atomic mass is 10.1. The third-order valence-corrected chi connectivity index (χ3v) is 3.61. The number of aromatic nitrogens is 1. The van der Waals surface area contributed by atoms with E-state index in [9.17, 15) is 13.2 Å². The first-order chi connectivity index (χ1) is 11.4. The number of rotatable bonds is 2. The largest absolute Gasteiger partial charge is 0.416 e. The number of benzene rings is 2. The maximum Gasteiger partial charge on any atom is 0.416 e. The van der Waals surface area contributed by atoms with Crippen molar-refractivity contribution in [1.82, 2.24) is 5.16 Å². The van der Waals surface area contributed by atoms with Crippen molar-refractivity contribution in [3.05, 3.63) is 53.1 Å². The van der Waals surface area contributed by atoms with Crippen LogP contribution in [0.25, 0.3) is 11.0 Å². The van der Waals surface area contributed by atoms with Crippen LogP contribution in [-0.4, -0.2) is 5.16 Å². The Balaban J connectivity index is 0.00000100. The third kappa shape index (κ3) is 3.53. The standard InChI is InChI=1S/C16H13F3N2O.C2H6/c1-9-6-7-13-14(10(9)2)22-21-15(13)20-12-5-3-4-11(8-12)16(17,18)19;1-2/h3-8H,1-2H3,(H,20,21);1-2H3. The van der Waals surface area contributed by atoms with E-state index in [0.29, 0.717) is 17.1 Å². The average Bonchev–Trinajstić information content (AvgIpc) is 2.96. The molecule has 0 spiro atoms. The van der Waals surface area contributed by atoms with E-state index in [1.54, 1.807) is 6.07 Å². The molecule has 0 unspecified atom stereocenters. The summed E-state index contributed by atoms with van der Waals surface area (Å²) in [5.74, 6) is 0.400. The zero-order chi connectivity index (χ0) is 17.9. The van der Waals surface area contributed by atoms with E-state index in [2.05, 4.69) is 10.5 Å². The Bertz CT molecular complexity index is 838. The second-order valence-corrected chi connectivity index (χ2v) is 5.12. The van der Waals surface area contributed by atoms with Gasteiger partial charge in [-0.2, -0.15) is 13.2 Å². The molecule has 0 aliphatic heterocycles. The highest BCUT2D eigenvalue weighted by Crippen LogP contribution is 2.33. The summed E-state index contributed by atoms with van der Waals surface area (Å²) in [5.41, 5.74) is 2.26. The monoisotopic (exact) mass is 336 g/mol. The van der Waals surface area contributed by atoms with Crippen molar-refractivity contribution >= 4 is 22.5 Å². The number of nitrogens with zero attached hydrogens (tertiary/aromatic N) is 1. The lowest BCUT2D eigenvalue weighted by Crippen LogP contribution is -2.05. The fraction of sp³-hybridized carbons (Fsp3) is 0.278. The maximum absolute atomic E-state index is 12.7. The molecule has 3 aromatic rings. The van der Waals surface area contributed by atoms with E-state index in [1.807, 2.05) is 39.8 Å². The molecule has 24 heavy (non-hydrogen) atoms. The lowest BCUT2D eigenvalue weighted by Gasteiger charge is -2.09. The second-order valence-electron chi connectivity index (χ2n) is 5.12. The Morgan fingerprint density at radius 3 is 2.42 bits per heavy atom. The zero-order valence-corrected chi connectivity index (χ0v) is 14.0. The van der Waals surface area contributed by atoms with Gasteiger partial charge in [0, 0.05) is 5.69 Å². The van der Waals surface area contributed by atoms with Gasteiger partial charge in [0.1, 0.15) is 0 Å². The van der Waals surface area contributed by atoms with Crippen LogP contribution in [0.5, 0.6) is 0 Å². The molecule has 3 rings (SSSR count). The lowest BCUT2D eigenvalue weighted by molar-refractivity contribution is -0.137. The smallest absolute Gasteiger partial charge is 0.354 e. The van der Waals surface area contributed by atoms with Gasteiger partial charge in [-0.1, -0.05) is 31.1 Å². The van der Waals surface area contributed by atoms with Gasteiger partial charge in [0.25, 0.3) is 0 Å². The highest BCUT2D eigenvalue weighted by molar-refractivity contribution is 5.92. The van der Waals surface area contributed by atoms with Crippen molar-refractivity contribution in [2.75, 3.05) is 5.32 Å². The predicted octanol–water partition coefficient (Wildman–Crippen LogP) is 6.23. The number of alkyl halides is 3. The van der Waals surface area contributed by atoms with Gasteiger partial charge in [0.05, 0.1) is 10.9 Å². The Hall–Kier alpha value is -2.50. The van der Waals surface area contributed by atoms with Crippen molar-refractivity contribution in [2.24, 2.45) is 0 Å². The first-order valence-corrected chi connectivity index (χ1v) is 7.66. The quantitative estimate of drug-likeness (QED) is 0.602. The van der Waals surface area contributed by atoms with Crippen molar-refractivity contribution in [3.63, 3.8) is 0 Å². The van der Waals surface area contributed by atoms with Gasteiger partial charge in [0.15, 0.2) is 11.4 Å². The van der Waals surface area contributed by atoms with Crippen LogP contribution >= 0.6 is 0 Å². The molecule has 1 aromatic heterocycles.